The molecule has 1 fully saturated rings. The number of para-hydroxylation sites is 1. The molecule has 19 heavy (non-hydrogen) atoms. The number of nitrogens with one attached hydrogen (secondary N) is 1. The molecular formula is C14H18N2O2S. The Hall–Kier alpha value is -1.33. The van der Waals surface area contributed by atoms with Gasteiger partial charge in [-0.3, -0.25) is 0 Å². The fourth-order valence-electron chi connectivity index (χ4n) is 2.96. The van der Waals surface area contributed by atoms with Gasteiger partial charge in [0.05, 0.1) is 11.5 Å². The van der Waals surface area contributed by atoms with Gasteiger partial charge >= 0.3 is 0 Å². The van der Waals surface area contributed by atoms with Gasteiger partial charge in [-0.2, -0.15) is 0 Å². The van der Waals surface area contributed by atoms with Gasteiger partial charge in [-0.25, -0.2) is 8.42 Å². The lowest BCUT2D eigenvalue weighted by Gasteiger charge is -2.24. The Bertz CT molecular complexity index is 731. The molecule has 0 spiro atoms. The van der Waals surface area contributed by atoms with Crippen LogP contribution in [0.1, 0.15) is 17.3 Å². The van der Waals surface area contributed by atoms with E-state index in [-0.39, 0.29) is 17.5 Å². The highest BCUT2D eigenvalue weighted by Gasteiger charge is 2.29. The SMILES string of the molecule is Cc1c(C2CS(=O)(=O)CCN2)c2ccccc2n1C. The Labute approximate surface area is 113 Å². The number of nitrogens with zero attached hydrogens (tertiary/aromatic N) is 1. The summed E-state index contributed by atoms with van der Waals surface area (Å²) in [5.74, 6) is 0.440. The van der Waals surface area contributed by atoms with E-state index in [9.17, 15) is 8.42 Å². The number of fused-ring (bicyclic) bond motifs is 1. The Morgan fingerprint density at radius 3 is 2.79 bits per heavy atom. The van der Waals surface area contributed by atoms with Gasteiger partial charge < -0.3 is 9.88 Å². The van der Waals surface area contributed by atoms with Crippen LogP contribution in [0.15, 0.2) is 24.3 Å². The van der Waals surface area contributed by atoms with Crippen molar-refractivity contribution in [1.29, 1.82) is 0 Å². The van der Waals surface area contributed by atoms with Gasteiger partial charge in [0, 0.05) is 36.2 Å². The van der Waals surface area contributed by atoms with E-state index in [1.54, 1.807) is 0 Å². The van der Waals surface area contributed by atoms with E-state index >= 15 is 0 Å². The van der Waals surface area contributed by atoms with Gasteiger partial charge in [0.25, 0.3) is 0 Å². The molecule has 3 rings (SSSR count). The second-order valence-electron chi connectivity index (χ2n) is 5.20. The minimum Gasteiger partial charge on any atom is -0.348 e. The number of benzene rings is 1. The standard InChI is InChI=1S/C14H18N2O2S/c1-10-14(12-9-19(17,18)8-7-15-12)11-5-3-4-6-13(11)16(10)2/h3-6,12,15H,7-9H2,1-2H3. The Morgan fingerprint density at radius 2 is 2.05 bits per heavy atom. The molecule has 2 heterocycles. The molecular weight excluding hydrogens is 260 g/mol. The number of hydrogen-bond donors (Lipinski definition) is 1. The molecule has 0 saturated carbocycles. The van der Waals surface area contributed by atoms with Crippen LogP contribution < -0.4 is 5.32 Å². The fourth-order valence-corrected chi connectivity index (χ4v) is 4.35. The summed E-state index contributed by atoms with van der Waals surface area (Å²) < 4.78 is 25.8. The molecule has 1 aromatic heterocycles. The maximum Gasteiger partial charge on any atom is 0.153 e. The molecule has 1 N–H and O–H groups in total. The third-order valence-electron chi connectivity index (χ3n) is 4.02. The van der Waals surface area contributed by atoms with Gasteiger partial charge in [0.15, 0.2) is 9.84 Å². The van der Waals surface area contributed by atoms with Gasteiger partial charge in [0.1, 0.15) is 0 Å². The van der Waals surface area contributed by atoms with Crippen LogP contribution in [0.4, 0.5) is 0 Å². The van der Waals surface area contributed by atoms with Gasteiger partial charge in [-0.15, -0.1) is 0 Å². The molecule has 0 amide bonds. The van der Waals surface area contributed by atoms with Crippen LogP contribution in [0.25, 0.3) is 10.9 Å². The molecule has 1 atom stereocenters. The van der Waals surface area contributed by atoms with E-state index in [1.165, 1.54) is 0 Å². The Morgan fingerprint density at radius 1 is 1.32 bits per heavy atom. The van der Waals surface area contributed by atoms with Crippen LogP contribution in [0.3, 0.4) is 0 Å². The number of aromatic nitrogens is 1. The zero-order valence-electron chi connectivity index (χ0n) is 11.2. The van der Waals surface area contributed by atoms with Crippen molar-refractivity contribution in [2.24, 2.45) is 7.05 Å². The summed E-state index contributed by atoms with van der Waals surface area (Å²) in [6, 6.07) is 8.06. The topological polar surface area (TPSA) is 51.1 Å². The lowest BCUT2D eigenvalue weighted by molar-refractivity contribution is 0.530. The lowest BCUT2D eigenvalue weighted by atomic mass is 10.0. The number of hydrogen-bond acceptors (Lipinski definition) is 3. The smallest absolute Gasteiger partial charge is 0.153 e. The monoisotopic (exact) mass is 278 g/mol. The average Bonchev–Trinajstić information content (AvgIpc) is 2.61. The van der Waals surface area contributed by atoms with Crippen molar-refractivity contribution in [2.45, 2.75) is 13.0 Å². The molecule has 5 heteroatoms. The molecule has 4 nitrogen and oxygen atoms in total. The average molecular weight is 278 g/mol. The van der Waals surface area contributed by atoms with E-state index in [2.05, 4.69) is 28.9 Å². The summed E-state index contributed by atoms with van der Waals surface area (Å²) in [5, 5.41) is 4.49. The van der Waals surface area contributed by atoms with Crippen LogP contribution in [-0.2, 0) is 16.9 Å². The van der Waals surface area contributed by atoms with Crippen molar-refractivity contribution in [3.8, 4) is 0 Å². The van der Waals surface area contributed by atoms with Crippen LogP contribution in [0, 0.1) is 6.92 Å². The molecule has 0 bridgehead atoms. The van der Waals surface area contributed by atoms with Crippen molar-refractivity contribution < 1.29 is 8.42 Å². The largest absolute Gasteiger partial charge is 0.348 e. The van der Waals surface area contributed by atoms with E-state index in [0.717, 1.165) is 22.2 Å². The zero-order valence-corrected chi connectivity index (χ0v) is 12.0. The molecule has 1 aromatic carbocycles. The van der Waals surface area contributed by atoms with E-state index in [4.69, 9.17) is 0 Å². The maximum absolute atomic E-state index is 11.8. The predicted octanol–water partition coefficient (Wildman–Crippen LogP) is 1.55. The summed E-state index contributed by atoms with van der Waals surface area (Å²) in [5.41, 5.74) is 3.41. The van der Waals surface area contributed by atoms with Gasteiger partial charge in [-0.05, 0) is 18.6 Å². The molecule has 1 saturated heterocycles. The van der Waals surface area contributed by atoms with Crippen molar-refractivity contribution >= 4 is 20.7 Å². The quantitative estimate of drug-likeness (QED) is 0.861. The molecule has 0 radical (unpaired) electrons. The highest BCUT2D eigenvalue weighted by atomic mass is 32.2. The van der Waals surface area contributed by atoms with Crippen LogP contribution in [-0.4, -0.2) is 31.0 Å². The normalized spacial score (nSPS) is 22.7. The van der Waals surface area contributed by atoms with Crippen LogP contribution in [0.5, 0.6) is 0 Å². The first-order valence-corrected chi connectivity index (χ1v) is 8.29. The Balaban J connectivity index is 2.17. The molecule has 2 aromatic rings. The maximum atomic E-state index is 11.8. The Kier molecular flexibility index (Phi) is 2.91. The molecule has 1 unspecified atom stereocenters. The summed E-state index contributed by atoms with van der Waals surface area (Å²) >= 11 is 0. The van der Waals surface area contributed by atoms with Gasteiger partial charge in [0.2, 0.25) is 0 Å². The van der Waals surface area contributed by atoms with Crippen molar-refractivity contribution in [3.05, 3.63) is 35.5 Å². The highest BCUT2D eigenvalue weighted by molar-refractivity contribution is 7.91. The first-order valence-electron chi connectivity index (χ1n) is 6.47. The number of rotatable bonds is 1. The lowest BCUT2D eigenvalue weighted by Crippen LogP contribution is -2.39. The van der Waals surface area contributed by atoms with Crippen LogP contribution >= 0.6 is 0 Å². The molecule has 1 aliphatic heterocycles. The van der Waals surface area contributed by atoms with Crippen molar-refractivity contribution in [2.75, 3.05) is 18.1 Å². The minimum absolute atomic E-state index is 0.0927. The summed E-state index contributed by atoms with van der Waals surface area (Å²) in [6.45, 7) is 2.59. The van der Waals surface area contributed by atoms with E-state index < -0.39 is 9.84 Å². The predicted molar refractivity (Wildman–Crippen MR) is 77.1 cm³/mol. The third-order valence-corrected chi connectivity index (χ3v) is 5.69. The number of aryl methyl sites for hydroxylation is 1. The molecule has 0 aliphatic carbocycles. The minimum atomic E-state index is -2.93. The third kappa shape index (κ3) is 2.07. The van der Waals surface area contributed by atoms with E-state index in [0.29, 0.717) is 6.54 Å². The van der Waals surface area contributed by atoms with E-state index in [1.807, 2.05) is 19.2 Å². The summed E-state index contributed by atoms with van der Waals surface area (Å²) in [6.07, 6.45) is 0. The second-order valence-corrected chi connectivity index (χ2v) is 7.43. The first-order chi connectivity index (χ1) is 8.99. The fraction of sp³-hybridized carbons (Fsp3) is 0.429. The first kappa shape index (κ1) is 12.7. The highest BCUT2D eigenvalue weighted by Crippen LogP contribution is 2.31. The van der Waals surface area contributed by atoms with Gasteiger partial charge in [-0.1, -0.05) is 18.2 Å². The number of sulfone groups is 1. The summed E-state index contributed by atoms with van der Waals surface area (Å²) in [4.78, 5) is 0. The van der Waals surface area contributed by atoms with Crippen molar-refractivity contribution in [1.82, 2.24) is 9.88 Å². The molecule has 1 aliphatic rings. The zero-order chi connectivity index (χ0) is 13.6. The van der Waals surface area contributed by atoms with Crippen LogP contribution in [0.2, 0.25) is 0 Å². The molecule has 102 valence electrons. The second kappa shape index (κ2) is 4.35. The summed E-state index contributed by atoms with van der Waals surface area (Å²) in [7, 11) is -0.902. The van der Waals surface area contributed by atoms with Crippen molar-refractivity contribution in [3.63, 3.8) is 0 Å².